The number of benzene rings is 3. The number of amidine groups is 1. The van der Waals surface area contributed by atoms with Crippen LogP contribution in [0, 0.1) is 0 Å². The summed E-state index contributed by atoms with van der Waals surface area (Å²) in [6, 6.07) is 24.3. The van der Waals surface area contributed by atoms with E-state index in [4.69, 9.17) is 0 Å². The molecule has 1 fully saturated rings. The number of nitrogens with zero attached hydrogens (tertiary/aromatic N) is 3. The molecule has 0 radical (unpaired) electrons. The molecular weight excluding hydrogens is 366 g/mol. The summed E-state index contributed by atoms with van der Waals surface area (Å²) in [5, 5.41) is 11.5. The summed E-state index contributed by atoms with van der Waals surface area (Å²) in [4.78, 5) is 14.7. The van der Waals surface area contributed by atoms with E-state index in [1.165, 1.54) is 17.1 Å². The van der Waals surface area contributed by atoms with Crippen LogP contribution in [0.25, 0.3) is 10.8 Å². The van der Waals surface area contributed by atoms with Crippen molar-refractivity contribution in [1.82, 2.24) is 4.90 Å². The second-order valence-corrected chi connectivity index (χ2v) is 7.79. The Morgan fingerprint density at radius 2 is 1.75 bits per heavy atom. The number of fused-ring (bicyclic) bond motifs is 1. The van der Waals surface area contributed by atoms with Gasteiger partial charge in [-0.3, -0.25) is 9.69 Å². The monoisotopic (exact) mass is 387 g/mol. The fourth-order valence-corrected chi connectivity index (χ4v) is 4.30. The maximum Gasteiger partial charge on any atom is 0.242 e. The summed E-state index contributed by atoms with van der Waals surface area (Å²) < 4.78 is 0. The van der Waals surface area contributed by atoms with Gasteiger partial charge in [0.05, 0.1) is 18.0 Å². The molecule has 4 nitrogen and oxygen atoms in total. The summed E-state index contributed by atoms with van der Waals surface area (Å²) in [5.41, 5.74) is 2.09. The Hall–Kier alpha value is -2.92. The first kappa shape index (κ1) is 18.4. The molecule has 28 heavy (non-hydrogen) atoms. The highest BCUT2D eigenvalue weighted by atomic mass is 32.2. The largest absolute Gasteiger partial charge is 0.284 e. The zero-order valence-corrected chi connectivity index (χ0v) is 16.5. The van der Waals surface area contributed by atoms with Gasteiger partial charge in [0, 0.05) is 0 Å². The lowest BCUT2D eigenvalue weighted by Gasteiger charge is -2.17. The van der Waals surface area contributed by atoms with E-state index >= 15 is 0 Å². The van der Waals surface area contributed by atoms with Gasteiger partial charge in [0.25, 0.3) is 0 Å². The third kappa shape index (κ3) is 3.85. The molecule has 1 aliphatic heterocycles. The minimum atomic E-state index is -0.0966. The minimum Gasteiger partial charge on any atom is -0.284 e. The predicted molar refractivity (Wildman–Crippen MR) is 118 cm³/mol. The Morgan fingerprint density at radius 1 is 1.00 bits per heavy atom. The van der Waals surface area contributed by atoms with Crippen molar-refractivity contribution in [3.8, 4) is 0 Å². The van der Waals surface area contributed by atoms with Crippen LogP contribution in [-0.4, -0.2) is 27.4 Å². The van der Waals surface area contributed by atoms with E-state index in [0.29, 0.717) is 11.7 Å². The quantitative estimate of drug-likeness (QED) is 0.452. The maximum absolute atomic E-state index is 12.9. The van der Waals surface area contributed by atoms with Gasteiger partial charge in [-0.05, 0) is 28.3 Å². The van der Waals surface area contributed by atoms with Gasteiger partial charge in [-0.2, -0.15) is 5.10 Å². The SMILES string of the molecule is CCC1SC(=NN=Cc2ccccc2)N(Cc2cccc3ccccc23)C1=O. The molecule has 0 saturated carbocycles. The topological polar surface area (TPSA) is 45.0 Å². The van der Waals surface area contributed by atoms with Crippen molar-refractivity contribution in [2.75, 3.05) is 0 Å². The van der Waals surface area contributed by atoms with Crippen molar-refractivity contribution in [1.29, 1.82) is 0 Å². The molecule has 1 aliphatic rings. The minimum absolute atomic E-state index is 0.0966. The fraction of sp³-hybridized carbons (Fsp3) is 0.174. The summed E-state index contributed by atoms with van der Waals surface area (Å²) in [6.45, 7) is 2.53. The molecule has 3 aromatic rings. The van der Waals surface area contributed by atoms with Gasteiger partial charge in [-0.1, -0.05) is 91.5 Å². The standard InChI is InChI=1S/C23H21N3OS/c1-2-21-22(27)26(16-19-13-8-12-18-11-6-7-14-20(18)19)23(28-21)25-24-15-17-9-4-3-5-10-17/h3-15,21H,2,16H2,1H3. The van der Waals surface area contributed by atoms with E-state index in [0.717, 1.165) is 22.9 Å². The van der Waals surface area contributed by atoms with Crippen LogP contribution < -0.4 is 0 Å². The highest BCUT2D eigenvalue weighted by molar-refractivity contribution is 8.15. The normalized spacial score (nSPS) is 18.6. The van der Waals surface area contributed by atoms with E-state index in [9.17, 15) is 4.79 Å². The van der Waals surface area contributed by atoms with Gasteiger partial charge in [0.15, 0.2) is 5.17 Å². The van der Waals surface area contributed by atoms with E-state index < -0.39 is 0 Å². The Bertz CT molecular complexity index is 1040. The number of thioether (sulfide) groups is 1. The van der Waals surface area contributed by atoms with Gasteiger partial charge < -0.3 is 0 Å². The first-order valence-corrected chi connectivity index (χ1v) is 10.2. The second-order valence-electron chi connectivity index (χ2n) is 6.62. The molecule has 1 atom stereocenters. The Kier molecular flexibility index (Phi) is 5.53. The summed E-state index contributed by atoms with van der Waals surface area (Å²) in [5.74, 6) is 0.106. The highest BCUT2D eigenvalue weighted by Crippen LogP contribution is 2.32. The molecule has 5 heteroatoms. The number of carbonyl (C=O) groups is 1. The molecule has 140 valence electrons. The van der Waals surface area contributed by atoms with Gasteiger partial charge in [0.1, 0.15) is 0 Å². The summed E-state index contributed by atoms with van der Waals surface area (Å²) in [7, 11) is 0. The fourth-order valence-electron chi connectivity index (χ4n) is 3.28. The molecular formula is C23H21N3OS. The van der Waals surface area contributed by atoms with Gasteiger partial charge in [0.2, 0.25) is 5.91 Å². The molecule has 3 aromatic carbocycles. The zero-order chi connectivity index (χ0) is 19.3. The molecule has 0 aliphatic carbocycles. The smallest absolute Gasteiger partial charge is 0.242 e. The van der Waals surface area contributed by atoms with E-state index in [1.54, 1.807) is 11.1 Å². The molecule has 1 amide bonds. The molecule has 4 rings (SSSR count). The first-order chi connectivity index (χ1) is 13.8. The molecule has 0 aromatic heterocycles. The van der Waals surface area contributed by atoms with Gasteiger partial charge in [-0.15, -0.1) is 5.10 Å². The van der Waals surface area contributed by atoms with Gasteiger partial charge in [-0.25, -0.2) is 0 Å². The average molecular weight is 388 g/mol. The zero-order valence-electron chi connectivity index (χ0n) is 15.7. The number of hydrogen-bond donors (Lipinski definition) is 0. The molecule has 0 spiro atoms. The highest BCUT2D eigenvalue weighted by Gasteiger charge is 2.37. The molecule has 1 saturated heterocycles. The lowest BCUT2D eigenvalue weighted by Crippen LogP contribution is -2.31. The summed E-state index contributed by atoms with van der Waals surface area (Å²) in [6.07, 6.45) is 2.49. The molecule has 0 bridgehead atoms. The number of amides is 1. The Labute approximate surface area is 169 Å². The van der Waals surface area contributed by atoms with Crippen molar-refractivity contribution < 1.29 is 4.79 Å². The van der Waals surface area contributed by atoms with Crippen LogP contribution in [0.3, 0.4) is 0 Å². The lowest BCUT2D eigenvalue weighted by atomic mass is 10.0. The van der Waals surface area contributed by atoms with E-state index in [1.807, 2.05) is 55.5 Å². The number of carbonyl (C=O) groups excluding carboxylic acids is 1. The predicted octanol–water partition coefficient (Wildman–Crippen LogP) is 5.08. The van der Waals surface area contributed by atoms with Crippen molar-refractivity contribution in [2.45, 2.75) is 25.1 Å². The van der Waals surface area contributed by atoms with E-state index in [2.05, 4.69) is 34.5 Å². The van der Waals surface area contributed by atoms with Gasteiger partial charge >= 0.3 is 0 Å². The van der Waals surface area contributed by atoms with Crippen LogP contribution in [0.5, 0.6) is 0 Å². The molecule has 0 N–H and O–H groups in total. The van der Waals surface area contributed by atoms with E-state index in [-0.39, 0.29) is 11.2 Å². The van der Waals surface area contributed by atoms with Crippen LogP contribution in [0.1, 0.15) is 24.5 Å². The second kappa shape index (κ2) is 8.40. The van der Waals surface area contributed by atoms with Crippen LogP contribution >= 0.6 is 11.8 Å². The van der Waals surface area contributed by atoms with Crippen molar-refractivity contribution >= 4 is 39.8 Å². The van der Waals surface area contributed by atoms with Crippen LogP contribution in [0.15, 0.2) is 83.0 Å². The van der Waals surface area contributed by atoms with Crippen molar-refractivity contribution in [3.05, 3.63) is 83.9 Å². The first-order valence-electron chi connectivity index (χ1n) is 9.37. The number of hydrogen-bond acceptors (Lipinski definition) is 4. The Balaban J connectivity index is 1.63. The molecule has 1 unspecified atom stereocenters. The lowest BCUT2D eigenvalue weighted by molar-refractivity contribution is -0.126. The molecule has 1 heterocycles. The van der Waals surface area contributed by atoms with Crippen molar-refractivity contribution in [2.24, 2.45) is 10.2 Å². The third-order valence-corrected chi connectivity index (χ3v) is 6.08. The summed E-state index contributed by atoms with van der Waals surface area (Å²) >= 11 is 1.50. The average Bonchev–Trinajstić information content (AvgIpc) is 3.04. The number of rotatable bonds is 5. The van der Waals surface area contributed by atoms with Crippen molar-refractivity contribution in [3.63, 3.8) is 0 Å². The third-order valence-electron chi connectivity index (χ3n) is 4.75. The van der Waals surface area contributed by atoms with Crippen LogP contribution in [0.4, 0.5) is 0 Å². The Morgan fingerprint density at radius 3 is 2.57 bits per heavy atom. The van der Waals surface area contributed by atoms with Crippen LogP contribution in [-0.2, 0) is 11.3 Å². The maximum atomic E-state index is 12.9. The van der Waals surface area contributed by atoms with Crippen LogP contribution in [0.2, 0.25) is 0 Å².